The van der Waals surface area contributed by atoms with Crippen LogP contribution in [0.15, 0.2) is 12.3 Å². The van der Waals surface area contributed by atoms with Gasteiger partial charge in [0.25, 0.3) is 0 Å². The number of carbonyl (C=O) groups is 2. The predicted molar refractivity (Wildman–Crippen MR) is 48.1 cm³/mol. The standard InChI is InChI=1S/C10H14O3/c1-10(4-5-10)9(12)7-8(11)3-6-13-2/h3,6H,4-5,7H2,1-2H3. The molecule has 0 aromatic rings. The highest BCUT2D eigenvalue weighted by atomic mass is 16.5. The predicted octanol–water partition coefficient (Wildman–Crippen LogP) is 1.47. The first-order valence-electron chi connectivity index (χ1n) is 4.34. The van der Waals surface area contributed by atoms with Crippen molar-refractivity contribution >= 4 is 11.6 Å². The van der Waals surface area contributed by atoms with Crippen LogP contribution in [0.4, 0.5) is 0 Å². The minimum atomic E-state index is -0.198. The third kappa shape index (κ3) is 2.68. The largest absolute Gasteiger partial charge is 0.504 e. The molecule has 0 atom stereocenters. The van der Waals surface area contributed by atoms with E-state index in [0.717, 1.165) is 12.8 Å². The van der Waals surface area contributed by atoms with Crippen molar-refractivity contribution < 1.29 is 14.3 Å². The van der Waals surface area contributed by atoms with Crippen LogP contribution in [-0.4, -0.2) is 18.7 Å². The van der Waals surface area contributed by atoms with E-state index >= 15 is 0 Å². The summed E-state index contributed by atoms with van der Waals surface area (Å²) in [5.41, 5.74) is -0.198. The van der Waals surface area contributed by atoms with Gasteiger partial charge in [-0.15, -0.1) is 0 Å². The molecule has 13 heavy (non-hydrogen) atoms. The highest BCUT2D eigenvalue weighted by molar-refractivity contribution is 6.06. The molecule has 0 spiro atoms. The number of rotatable bonds is 5. The van der Waals surface area contributed by atoms with E-state index in [4.69, 9.17) is 0 Å². The van der Waals surface area contributed by atoms with E-state index in [1.807, 2.05) is 6.92 Å². The van der Waals surface area contributed by atoms with Crippen molar-refractivity contribution in [2.45, 2.75) is 26.2 Å². The lowest BCUT2D eigenvalue weighted by atomic mass is 9.99. The summed E-state index contributed by atoms with van der Waals surface area (Å²) < 4.78 is 4.58. The van der Waals surface area contributed by atoms with E-state index < -0.39 is 0 Å². The maximum absolute atomic E-state index is 11.4. The van der Waals surface area contributed by atoms with Crippen LogP contribution in [0.25, 0.3) is 0 Å². The number of hydrogen-bond acceptors (Lipinski definition) is 3. The van der Waals surface area contributed by atoms with Gasteiger partial charge in [-0.05, 0) is 12.8 Å². The molecule has 0 saturated heterocycles. The summed E-state index contributed by atoms with van der Waals surface area (Å²) in [5, 5.41) is 0. The van der Waals surface area contributed by atoms with E-state index in [1.165, 1.54) is 19.4 Å². The molecule has 3 heteroatoms. The van der Waals surface area contributed by atoms with Crippen molar-refractivity contribution in [2.24, 2.45) is 5.41 Å². The number of ether oxygens (including phenoxy) is 1. The Kier molecular flexibility index (Phi) is 2.86. The summed E-state index contributed by atoms with van der Waals surface area (Å²) in [6.45, 7) is 1.91. The lowest BCUT2D eigenvalue weighted by Gasteiger charge is -2.03. The first kappa shape index (κ1) is 9.96. The minimum absolute atomic E-state index is 0.0103. The van der Waals surface area contributed by atoms with E-state index in [-0.39, 0.29) is 23.4 Å². The third-order valence-corrected chi connectivity index (χ3v) is 2.40. The van der Waals surface area contributed by atoms with Crippen LogP contribution < -0.4 is 0 Å². The van der Waals surface area contributed by atoms with Gasteiger partial charge in [-0.1, -0.05) is 6.92 Å². The second-order valence-corrected chi connectivity index (χ2v) is 3.67. The van der Waals surface area contributed by atoms with E-state index in [0.29, 0.717) is 0 Å². The molecule has 0 bridgehead atoms. The smallest absolute Gasteiger partial charge is 0.166 e. The van der Waals surface area contributed by atoms with Crippen molar-refractivity contribution in [1.29, 1.82) is 0 Å². The van der Waals surface area contributed by atoms with Crippen LogP contribution in [0, 0.1) is 5.41 Å². The van der Waals surface area contributed by atoms with Crippen molar-refractivity contribution in [3.63, 3.8) is 0 Å². The average Bonchev–Trinajstić information content (AvgIpc) is 2.81. The summed E-state index contributed by atoms with van der Waals surface area (Å²) in [6.07, 6.45) is 4.45. The zero-order valence-electron chi connectivity index (χ0n) is 8.00. The molecule has 1 rings (SSSR count). The maximum Gasteiger partial charge on any atom is 0.166 e. The molecule has 0 heterocycles. The molecule has 3 nitrogen and oxygen atoms in total. The van der Waals surface area contributed by atoms with Crippen LogP contribution in [0.3, 0.4) is 0 Å². The Morgan fingerprint density at radius 2 is 2.08 bits per heavy atom. The molecule has 0 N–H and O–H groups in total. The fourth-order valence-electron chi connectivity index (χ4n) is 1.04. The number of hydrogen-bond donors (Lipinski definition) is 0. The quantitative estimate of drug-likeness (QED) is 0.367. The topological polar surface area (TPSA) is 43.4 Å². The SMILES string of the molecule is COC=CC(=O)CC(=O)C1(C)CC1. The number of methoxy groups -OCH3 is 1. The molecule has 0 aromatic heterocycles. The van der Waals surface area contributed by atoms with Gasteiger partial charge in [0.15, 0.2) is 5.78 Å². The molecule has 1 aliphatic carbocycles. The molecule has 1 fully saturated rings. The molecule has 0 amide bonds. The van der Waals surface area contributed by atoms with Gasteiger partial charge in [0, 0.05) is 11.5 Å². The van der Waals surface area contributed by atoms with Gasteiger partial charge in [0.2, 0.25) is 0 Å². The second kappa shape index (κ2) is 3.73. The zero-order chi connectivity index (χ0) is 9.90. The average molecular weight is 182 g/mol. The van der Waals surface area contributed by atoms with E-state index in [2.05, 4.69) is 4.74 Å². The Bertz CT molecular complexity index is 249. The van der Waals surface area contributed by atoms with E-state index in [9.17, 15) is 9.59 Å². The van der Waals surface area contributed by atoms with Crippen LogP contribution in [-0.2, 0) is 14.3 Å². The summed E-state index contributed by atoms with van der Waals surface area (Å²) in [5.74, 6) is -0.127. The Balaban J connectivity index is 2.36. The van der Waals surface area contributed by atoms with Gasteiger partial charge in [-0.2, -0.15) is 0 Å². The van der Waals surface area contributed by atoms with Gasteiger partial charge in [-0.25, -0.2) is 0 Å². The monoisotopic (exact) mass is 182 g/mol. The Hall–Kier alpha value is -1.12. The third-order valence-electron chi connectivity index (χ3n) is 2.40. The van der Waals surface area contributed by atoms with Crippen molar-refractivity contribution in [2.75, 3.05) is 7.11 Å². The molecule has 0 aromatic carbocycles. The minimum Gasteiger partial charge on any atom is -0.504 e. The van der Waals surface area contributed by atoms with Crippen molar-refractivity contribution in [3.8, 4) is 0 Å². The summed E-state index contributed by atoms with van der Waals surface area (Å²) in [6, 6.07) is 0. The fraction of sp³-hybridized carbons (Fsp3) is 0.600. The van der Waals surface area contributed by atoms with Gasteiger partial charge in [0.05, 0.1) is 19.8 Å². The molecule has 0 radical (unpaired) electrons. The second-order valence-electron chi connectivity index (χ2n) is 3.67. The molecular formula is C10H14O3. The zero-order valence-corrected chi connectivity index (χ0v) is 8.00. The van der Waals surface area contributed by atoms with Crippen LogP contribution in [0.2, 0.25) is 0 Å². The number of carbonyl (C=O) groups excluding carboxylic acids is 2. The van der Waals surface area contributed by atoms with Gasteiger partial charge < -0.3 is 4.74 Å². The first-order chi connectivity index (χ1) is 6.08. The molecule has 0 aliphatic heterocycles. The van der Waals surface area contributed by atoms with E-state index in [1.54, 1.807) is 0 Å². The normalized spacial score (nSPS) is 18.6. The fourth-order valence-corrected chi connectivity index (χ4v) is 1.04. The lowest BCUT2D eigenvalue weighted by Crippen LogP contribution is -2.15. The first-order valence-corrected chi connectivity index (χ1v) is 4.34. The Labute approximate surface area is 77.8 Å². The highest BCUT2D eigenvalue weighted by Crippen LogP contribution is 2.46. The van der Waals surface area contributed by atoms with Gasteiger partial charge in [-0.3, -0.25) is 9.59 Å². The summed E-state index contributed by atoms with van der Waals surface area (Å²) in [4.78, 5) is 22.5. The maximum atomic E-state index is 11.4. The van der Waals surface area contributed by atoms with Crippen LogP contribution in [0.1, 0.15) is 26.2 Å². The number of Topliss-reactive ketones (excluding diaryl/α,β-unsaturated/α-hetero) is 1. The summed E-state index contributed by atoms with van der Waals surface area (Å²) in [7, 11) is 1.47. The highest BCUT2D eigenvalue weighted by Gasteiger charge is 2.44. The number of ketones is 2. The Morgan fingerprint density at radius 1 is 1.46 bits per heavy atom. The molecule has 0 unspecified atom stereocenters. The molecule has 72 valence electrons. The molecule has 1 saturated carbocycles. The molecule has 1 aliphatic rings. The number of allylic oxidation sites excluding steroid dienone is 1. The molecular weight excluding hydrogens is 168 g/mol. The van der Waals surface area contributed by atoms with Gasteiger partial charge >= 0.3 is 0 Å². The Morgan fingerprint density at radius 3 is 2.54 bits per heavy atom. The van der Waals surface area contributed by atoms with Crippen molar-refractivity contribution in [1.82, 2.24) is 0 Å². The van der Waals surface area contributed by atoms with Crippen LogP contribution in [0.5, 0.6) is 0 Å². The van der Waals surface area contributed by atoms with Crippen LogP contribution >= 0.6 is 0 Å². The van der Waals surface area contributed by atoms with Crippen molar-refractivity contribution in [3.05, 3.63) is 12.3 Å². The lowest BCUT2D eigenvalue weighted by molar-refractivity contribution is -0.128. The summed E-state index contributed by atoms with van der Waals surface area (Å²) >= 11 is 0. The van der Waals surface area contributed by atoms with Gasteiger partial charge in [0.1, 0.15) is 5.78 Å².